The molecule has 0 amide bonds. The zero-order chi connectivity index (χ0) is 31.8. The SMILES string of the molecule is C1=CC2=NC(n3c4ccc5c6ccccc6n6c7ccccc7n7c8ccccc8c8ccc3c(c4c56)c87)=C(c3ccccc3)NC2C=C1. The summed E-state index contributed by atoms with van der Waals surface area (Å²) in [6, 6.07) is 46.5. The van der Waals surface area contributed by atoms with Gasteiger partial charge in [0.2, 0.25) is 0 Å². The first-order valence-corrected chi connectivity index (χ1v) is 16.9. The molecule has 10 aromatic rings. The van der Waals surface area contributed by atoms with Crippen LogP contribution < -0.4 is 5.32 Å². The quantitative estimate of drug-likeness (QED) is 0.204. The highest BCUT2D eigenvalue weighted by atomic mass is 15.2. The fourth-order valence-electron chi connectivity index (χ4n) is 8.80. The number of rotatable bonds is 2. The van der Waals surface area contributed by atoms with Crippen LogP contribution in [-0.2, 0) is 0 Å². The Morgan fingerprint density at radius 1 is 0.490 bits per heavy atom. The van der Waals surface area contributed by atoms with E-state index >= 15 is 0 Å². The Bertz CT molecular complexity index is 3020. The Morgan fingerprint density at radius 3 is 1.65 bits per heavy atom. The van der Waals surface area contributed by atoms with Gasteiger partial charge in [-0.15, -0.1) is 0 Å². The number of benzene rings is 6. The first kappa shape index (κ1) is 25.5. The Balaban J connectivity index is 1.41. The normalized spacial score (nSPS) is 16.4. The van der Waals surface area contributed by atoms with Gasteiger partial charge in [-0.1, -0.05) is 109 Å². The summed E-state index contributed by atoms with van der Waals surface area (Å²) in [5.74, 6) is 0.901. The van der Waals surface area contributed by atoms with Gasteiger partial charge in [0.25, 0.3) is 0 Å². The van der Waals surface area contributed by atoms with Crippen molar-refractivity contribution < 1.29 is 0 Å². The number of nitrogens with one attached hydrogen (secondary N) is 1. The minimum absolute atomic E-state index is 0.0112. The molecule has 5 heterocycles. The van der Waals surface area contributed by atoms with Crippen LogP contribution in [0.5, 0.6) is 0 Å². The van der Waals surface area contributed by atoms with Gasteiger partial charge in [0, 0.05) is 37.9 Å². The molecule has 49 heavy (non-hydrogen) atoms. The van der Waals surface area contributed by atoms with Crippen LogP contribution >= 0.6 is 0 Å². The average molecular weight is 626 g/mol. The van der Waals surface area contributed by atoms with Crippen molar-refractivity contribution in [2.24, 2.45) is 4.99 Å². The molecule has 4 aromatic heterocycles. The lowest BCUT2D eigenvalue weighted by Gasteiger charge is -2.28. The third-order valence-electron chi connectivity index (χ3n) is 10.8. The minimum atomic E-state index is 0.0112. The third-order valence-corrected chi connectivity index (χ3v) is 10.8. The van der Waals surface area contributed by atoms with Crippen LogP contribution in [0, 0.1) is 0 Å². The first-order valence-electron chi connectivity index (χ1n) is 16.9. The molecule has 1 atom stereocenters. The molecule has 6 aromatic carbocycles. The zero-order valence-corrected chi connectivity index (χ0v) is 26.3. The van der Waals surface area contributed by atoms with E-state index < -0.39 is 0 Å². The van der Waals surface area contributed by atoms with Crippen LogP contribution in [0.25, 0.3) is 88.0 Å². The van der Waals surface area contributed by atoms with Crippen molar-refractivity contribution in [3.63, 3.8) is 0 Å². The summed E-state index contributed by atoms with van der Waals surface area (Å²) in [4.78, 5) is 5.50. The van der Waals surface area contributed by atoms with Crippen LogP contribution in [0.2, 0.25) is 0 Å². The molecule has 0 saturated heterocycles. The van der Waals surface area contributed by atoms with E-state index in [1.807, 2.05) is 0 Å². The van der Waals surface area contributed by atoms with Gasteiger partial charge in [-0.2, -0.15) is 0 Å². The van der Waals surface area contributed by atoms with Crippen LogP contribution in [0.3, 0.4) is 0 Å². The van der Waals surface area contributed by atoms with Crippen LogP contribution in [-0.4, -0.2) is 25.1 Å². The van der Waals surface area contributed by atoms with Gasteiger partial charge in [0.05, 0.1) is 61.6 Å². The van der Waals surface area contributed by atoms with Gasteiger partial charge in [-0.05, 0) is 42.5 Å². The summed E-state index contributed by atoms with van der Waals surface area (Å²) in [5.41, 5.74) is 12.6. The number of para-hydroxylation sites is 4. The number of nitrogens with zero attached hydrogens (tertiary/aromatic N) is 4. The third kappa shape index (κ3) is 3.13. The summed E-state index contributed by atoms with van der Waals surface area (Å²) in [6.45, 7) is 0. The van der Waals surface area contributed by atoms with E-state index in [2.05, 4.69) is 170 Å². The molecule has 2 aliphatic rings. The highest BCUT2D eigenvalue weighted by molar-refractivity contribution is 6.34. The van der Waals surface area contributed by atoms with Crippen molar-refractivity contribution in [1.29, 1.82) is 0 Å². The van der Waals surface area contributed by atoms with Crippen molar-refractivity contribution in [2.45, 2.75) is 6.04 Å². The van der Waals surface area contributed by atoms with Gasteiger partial charge < -0.3 is 14.1 Å². The molecule has 0 saturated carbocycles. The fraction of sp³-hybridized carbons (Fsp3) is 0.0227. The number of hydrogen-bond acceptors (Lipinski definition) is 2. The number of allylic oxidation sites excluding steroid dienone is 2. The van der Waals surface area contributed by atoms with Crippen LogP contribution in [0.15, 0.2) is 157 Å². The predicted molar refractivity (Wildman–Crippen MR) is 205 cm³/mol. The second-order valence-corrected chi connectivity index (χ2v) is 13.2. The van der Waals surface area contributed by atoms with E-state index in [0.29, 0.717) is 0 Å². The molecule has 0 spiro atoms. The maximum Gasteiger partial charge on any atom is 0.162 e. The summed E-state index contributed by atoms with van der Waals surface area (Å²) >= 11 is 0. The number of hydrogen-bond donors (Lipinski definition) is 1. The zero-order valence-electron chi connectivity index (χ0n) is 26.3. The van der Waals surface area contributed by atoms with Crippen molar-refractivity contribution in [3.8, 4) is 0 Å². The van der Waals surface area contributed by atoms with Crippen molar-refractivity contribution in [2.75, 3.05) is 0 Å². The van der Waals surface area contributed by atoms with Gasteiger partial charge in [0.1, 0.15) is 0 Å². The molecule has 12 rings (SSSR count). The van der Waals surface area contributed by atoms with E-state index in [1.54, 1.807) is 0 Å². The number of aromatic nitrogens is 3. The highest BCUT2D eigenvalue weighted by Crippen LogP contribution is 2.47. The topological polar surface area (TPSA) is 38.1 Å². The van der Waals surface area contributed by atoms with Gasteiger partial charge in [-0.3, -0.25) is 4.57 Å². The number of fused-ring (bicyclic) bond motifs is 10. The predicted octanol–water partition coefficient (Wildman–Crippen LogP) is 10.2. The lowest BCUT2D eigenvalue weighted by molar-refractivity contribution is 0.871. The largest absolute Gasteiger partial charge is 0.370 e. The van der Waals surface area contributed by atoms with E-state index in [9.17, 15) is 0 Å². The van der Waals surface area contributed by atoms with E-state index in [1.165, 1.54) is 65.4 Å². The summed E-state index contributed by atoms with van der Waals surface area (Å²) in [7, 11) is 0. The maximum absolute atomic E-state index is 5.50. The smallest absolute Gasteiger partial charge is 0.162 e. The molecule has 1 aliphatic heterocycles. The molecule has 0 bridgehead atoms. The van der Waals surface area contributed by atoms with Gasteiger partial charge >= 0.3 is 0 Å². The van der Waals surface area contributed by atoms with Crippen molar-refractivity contribution in [3.05, 3.63) is 157 Å². The molecular weight excluding hydrogens is 599 g/mol. The highest BCUT2D eigenvalue weighted by Gasteiger charge is 2.29. The van der Waals surface area contributed by atoms with Gasteiger partial charge in [-0.25, -0.2) is 4.99 Å². The molecule has 5 nitrogen and oxygen atoms in total. The lowest BCUT2D eigenvalue weighted by atomic mass is 10.0. The Hall–Kier alpha value is -6.59. The second kappa shape index (κ2) is 9.06. The maximum atomic E-state index is 5.50. The Labute approximate surface area is 279 Å². The summed E-state index contributed by atoms with van der Waals surface area (Å²) < 4.78 is 7.42. The Morgan fingerprint density at radius 2 is 1.04 bits per heavy atom. The molecule has 0 fully saturated rings. The van der Waals surface area contributed by atoms with E-state index in [0.717, 1.165) is 33.8 Å². The lowest BCUT2D eigenvalue weighted by Crippen LogP contribution is -2.37. The number of aliphatic imine (C=N–C) groups is 1. The van der Waals surface area contributed by atoms with E-state index in [-0.39, 0.29) is 6.04 Å². The van der Waals surface area contributed by atoms with Crippen LogP contribution in [0.4, 0.5) is 0 Å². The fourth-order valence-corrected chi connectivity index (χ4v) is 8.80. The van der Waals surface area contributed by atoms with E-state index in [4.69, 9.17) is 4.99 Å². The van der Waals surface area contributed by atoms with Crippen molar-refractivity contribution >= 4 is 93.7 Å². The molecule has 228 valence electrons. The minimum Gasteiger partial charge on any atom is -0.370 e. The Kier molecular flexibility index (Phi) is 4.71. The standard InChI is InChI=1S/C44H27N5/c1-2-12-26(13-3-1)41-44(46-32-17-7-6-16-31(32)45-41)49-37-24-22-29-27-14-4-8-18-33(27)47-35-20-10-11-21-36(35)48-34-19-9-5-15-28(34)30-23-25-38(49)40(43(30)48)39(37)42(29)47/h1-25,31,45H. The molecule has 0 radical (unpaired) electrons. The van der Waals surface area contributed by atoms with Crippen LogP contribution in [0.1, 0.15) is 5.56 Å². The van der Waals surface area contributed by atoms with Gasteiger partial charge in [0.15, 0.2) is 5.82 Å². The van der Waals surface area contributed by atoms with Crippen molar-refractivity contribution in [1.82, 2.24) is 18.7 Å². The molecule has 1 unspecified atom stereocenters. The molecular formula is C44H27N5. The summed E-state index contributed by atoms with van der Waals surface area (Å²) in [5, 5.41) is 11.4. The molecule has 5 heteroatoms. The average Bonchev–Trinajstić information content (AvgIpc) is 3.79. The monoisotopic (exact) mass is 625 g/mol. The first-order chi connectivity index (χ1) is 24.3. The summed E-state index contributed by atoms with van der Waals surface area (Å²) in [6.07, 6.45) is 8.50. The molecule has 1 aliphatic carbocycles. The molecule has 1 N–H and O–H groups in total. The second-order valence-electron chi connectivity index (χ2n) is 13.2.